The lowest BCUT2D eigenvalue weighted by Crippen LogP contribution is -2.38. The maximum absolute atomic E-state index is 11.1. The maximum Gasteiger partial charge on any atom is 0.236 e. The van der Waals surface area contributed by atoms with Crippen LogP contribution in [0.4, 0.5) is 5.69 Å². The number of anilines is 1. The van der Waals surface area contributed by atoms with E-state index in [4.69, 9.17) is 11.5 Å². The van der Waals surface area contributed by atoms with Crippen LogP contribution in [-0.2, 0) is 11.3 Å². The molecule has 0 radical (unpaired) electrons. The second kappa shape index (κ2) is 6.02. The van der Waals surface area contributed by atoms with Crippen molar-refractivity contribution in [3.8, 4) is 0 Å². The van der Waals surface area contributed by atoms with E-state index < -0.39 is 0 Å². The summed E-state index contributed by atoms with van der Waals surface area (Å²) in [5.74, 6) is -0.339. The molecule has 0 heterocycles. The van der Waals surface area contributed by atoms with E-state index in [-0.39, 0.29) is 18.5 Å². The van der Waals surface area contributed by atoms with Crippen molar-refractivity contribution in [1.29, 1.82) is 0 Å². The van der Waals surface area contributed by atoms with Gasteiger partial charge in [-0.3, -0.25) is 4.79 Å². The molecule has 1 aromatic rings. The van der Waals surface area contributed by atoms with Gasteiger partial charge in [-0.1, -0.05) is 6.07 Å². The summed E-state index contributed by atoms with van der Waals surface area (Å²) in [7, 11) is 0. The summed E-state index contributed by atoms with van der Waals surface area (Å²) >= 11 is 3.50. The lowest BCUT2D eigenvalue weighted by molar-refractivity contribution is -0.116. The van der Waals surface area contributed by atoms with Crippen molar-refractivity contribution in [2.75, 3.05) is 11.4 Å². The van der Waals surface area contributed by atoms with Gasteiger partial charge in [-0.15, -0.1) is 0 Å². The van der Waals surface area contributed by atoms with Crippen molar-refractivity contribution in [2.24, 2.45) is 11.5 Å². The van der Waals surface area contributed by atoms with Crippen LogP contribution in [0, 0.1) is 0 Å². The third kappa shape index (κ3) is 3.71. The monoisotopic (exact) mass is 299 g/mol. The molecule has 1 amide bonds. The fourth-order valence-corrected chi connectivity index (χ4v) is 2.28. The molecule has 4 nitrogen and oxygen atoms in total. The number of nitrogens with zero attached hydrogens (tertiary/aromatic N) is 1. The Hall–Kier alpha value is -1.07. The summed E-state index contributed by atoms with van der Waals surface area (Å²) in [6.07, 6.45) is 0. The van der Waals surface area contributed by atoms with Gasteiger partial charge in [0.25, 0.3) is 0 Å². The smallest absolute Gasteiger partial charge is 0.236 e. The number of rotatable bonds is 5. The van der Waals surface area contributed by atoms with Gasteiger partial charge in [0.2, 0.25) is 5.91 Å². The van der Waals surface area contributed by atoms with Crippen LogP contribution in [0.1, 0.15) is 19.4 Å². The highest BCUT2D eigenvalue weighted by Crippen LogP contribution is 2.28. The number of nitrogens with two attached hydrogens (primary N) is 2. The minimum absolute atomic E-state index is 0.197. The first kappa shape index (κ1) is 14.0. The van der Waals surface area contributed by atoms with E-state index >= 15 is 0 Å². The SMILES string of the molecule is CC(C)N(CC(N)=O)c1ccc(CN)cc1Br. The predicted molar refractivity (Wildman–Crippen MR) is 73.7 cm³/mol. The Bertz CT molecular complexity index is 407. The normalized spacial score (nSPS) is 10.6. The van der Waals surface area contributed by atoms with Crippen LogP contribution in [0.15, 0.2) is 22.7 Å². The fraction of sp³-hybridized carbons (Fsp3) is 0.417. The zero-order chi connectivity index (χ0) is 13.0. The second-order valence-corrected chi connectivity index (χ2v) is 5.03. The van der Waals surface area contributed by atoms with Gasteiger partial charge >= 0.3 is 0 Å². The Labute approximate surface area is 110 Å². The average Bonchev–Trinajstić information content (AvgIpc) is 2.25. The lowest BCUT2D eigenvalue weighted by atomic mass is 10.1. The van der Waals surface area contributed by atoms with E-state index in [2.05, 4.69) is 15.9 Å². The zero-order valence-electron chi connectivity index (χ0n) is 10.1. The van der Waals surface area contributed by atoms with Gasteiger partial charge in [-0.25, -0.2) is 0 Å². The van der Waals surface area contributed by atoms with E-state index in [9.17, 15) is 4.79 Å². The van der Waals surface area contributed by atoms with Crippen LogP contribution in [-0.4, -0.2) is 18.5 Å². The van der Waals surface area contributed by atoms with Crippen LogP contribution in [0.5, 0.6) is 0 Å². The van der Waals surface area contributed by atoms with Crippen molar-refractivity contribution in [3.05, 3.63) is 28.2 Å². The Morgan fingerprint density at radius 2 is 2.12 bits per heavy atom. The highest BCUT2D eigenvalue weighted by Gasteiger charge is 2.15. The average molecular weight is 300 g/mol. The quantitative estimate of drug-likeness (QED) is 0.867. The fourth-order valence-electron chi connectivity index (χ4n) is 1.62. The standard InChI is InChI=1S/C12H18BrN3O/c1-8(2)16(7-12(15)17)11-4-3-9(6-14)5-10(11)13/h3-5,8H,6-7,14H2,1-2H3,(H2,15,17). The molecule has 0 aromatic heterocycles. The van der Waals surface area contributed by atoms with E-state index in [1.807, 2.05) is 36.9 Å². The number of amides is 1. The molecule has 1 rings (SSSR count). The van der Waals surface area contributed by atoms with Gasteiger partial charge in [0, 0.05) is 17.1 Å². The topological polar surface area (TPSA) is 72.3 Å². The molecule has 0 saturated carbocycles. The summed E-state index contributed by atoms with van der Waals surface area (Å²) in [6.45, 7) is 4.74. The molecule has 0 aliphatic carbocycles. The summed E-state index contributed by atoms with van der Waals surface area (Å²) in [6, 6.07) is 6.07. The third-order valence-corrected chi connectivity index (χ3v) is 3.14. The molecule has 4 N–H and O–H groups in total. The molecule has 5 heteroatoms. The lowest BCUT2D eigenvalue weighted by Gasteiger charge is -2.28. The van der Waals surface area contributed by atoms with Crippen LogP contribution in [0.3, 0.4) is 0 Å². The number of hydrogen-bond donors (Lipinski definition) is 2. The third-order valence-electron chi connectivity index (χ3n) is 2.51. The molecular weight excluding hydrogens is 282 g/mol. The minimum Gasteiger partial charge on any atom is -0.368 e. The van der Waals surface area contributed by atoms with Crippen LogP contribution in [0.25, 0.3) is 0 Å². The first-order chi connectivity index (χ1) is 7.95. The van der Waals surface area contributed by atoms with Gasteiger partial charge in [-0.2, -0.15) is 0 Å². The Morgan fingerprint density at radius 1 is 1.47 bits per heavy atom. The van der Waals surface area contributed by atoms with Gasteiger partial charge in [0.15, 0.2) is 0 Å². The highest BCUT2D eigenvalue weighted by molar-refractivity contribution is 9.10. The van der Waals surface area contributed by atoms with Crippen molar-refractivity contribution >= 4 is 27.5 Å². The van der Waals surface area contributed by atoms with Crippen LogP contribution >= 0.6 is 15.9 Å². The number of hydrogen-bond acceptors (Lipinski definition) is 3. The molecule has 0 unspecified atom stereocenters. The number of carbonyl (C=O) groups is 1. The minimum atomic E-state index is -0.339. The molecule has 0 atom stereocenters. The van der Waals surface area contributed by atoms with Crippen molar-refractivity contribution in [1.82, 2.24) is 0 Å². The summed E-state index contributed by atoms with van der Waals surface area (Å²) < 4.78 is 0.926. The Balaban J connectivity index is 3.06. The predicted octanol–water partition coefficient (Wildman–Crippen LogP) is 1.61. The zero-order valence-corrected chi connectivity index (χ0v) is 11.7. The molecule has 0 aliphatic rings. The van der Waals surface area contributed by atoms with Gasteiger partial charge < -0.3 is 16.4 Å². The molecular formula is C12H18BrN3O. The molecule has 0 spiro atoms. The number of carbonyl (C=O) groups excluding carboxylic acids is 1. The molecule has 0 fully saturated rings. The van der Waals surface area contributed by atoms with Crippen LogP contribution < -0.4 is 16.4 Å². The van der Waals surface area contributed by atoms with Crippen molar-refractivity contribution < 1.29 is 4.79 Å². The summed E-state index contributed by atoms with van der Waals surface area (Å²) in [5.41, 5.74) is 12.8. The summed E-state index contributed by atoms with van der Waals surface area (Å²) in [5, 5.41) is 0. The number of primary amides is 1. The van der Waals surface area contributed by atoms with Crippen LogP contribution in [0.2, 0.25) is 0 Å². The van der Waals surface area contributed by atoms with Crippen molar-refractivity contribution in [3.63, 3.8) is 0 Å². The molecule has 0 saturated heterocycles. The van der Waals surface area contributed by atoms with Gasteiger partial charge in [0.1, 0.15) is 0 Å². The molecule has 1 aromatic carbocycles. The number of benzene rings is 1. The Morgan fingerprint density at radius 3 is 2.53 bits per heavy atom. The summed E-state index contributed by atoms with van der Waals surface area (Å²) in [4.78, 5) is 13.0. The molecule has 0 bridgehead atoms. The second-order valence-electron chi connectivity index (χ2n) is 4.18. The first-order valence-electron chi connectivity index (χ1n) is 5.49. The van der Waals surface area contributed by atoms with Gasteiger partial charge in [0.05, 0.1) is 12.2 Å². The molecule has 94 valence electrons. The largest absolute Gasteiger partial charge is 0.368 e. The first-order valence-corrected chi connectivity index (χ1v) is 6.28. The number of halogens is 1. The highest BCUT2D eigenvalue weighted by atomic mass is 79.9. The van der Waals surface area contributed by atoms with Gasteiger partial charge in [-0.05, 0) is 47.5 Å². The van der Waals surface area contributed by atoms with E-state index in [1.54, 1.807) is 0 Å². The van der Waals surface area contributed by atoms with Crippen molar-refractivity contribution in [2.45, 2.75) is 26.4 Å². The molecule has 0 aliphatic heterocycles. The van der Waals surface area contributed by atoms with E-state index in [1.165, 1.54) is 0 Å². The maximum atomic E-state index is 11.1. The van der Waals surface area contributed by atoms with E-state index in [0.717, 1.165) is 15.7 Å². The Kier molecular flexibility index (Phi) is 4.96. The van der Waals surface area contributed by atoms with E-state index in [0.29, 0.717) is 6.54 Å². The molecule has 17 heavy (non-hydrogen) atoms.